The molecule has 0 radical (unpaired) electrons. The van der Waals surface area contributed by atoms with Gasteiger partial charge in [-0.3, -0.25) is 4.79 Å². The number of benzene rings is 1. The monoisotopic (exact) mass is 319 g/mol. The first-order valence-corrected chi connectivity index (χ1v) is 7.77. The summed E-state index contributed by atoms with van der Waals surface area (Å²) in [6.45, 7) is 6.15. The summed E-state index contributed by atoms with van der Waals surface area (Å²) in [5.41, 5.74) is 0. The van der Waals surface area contributed by atoms with Crippen molar-refractivity contribution in [3.63, 3.8) is 0 Å². The van der Waals surface area contributed by atoms with Crippen LogP contribution in [0.15, 0.2) is 30.3 Å². The van der Waals surface area contributed by atoms with E-state index in [4.69, 9.17) is 14.2 Å². The van der Waals surface area contributed by atoms with Gasteiger partial charge < -0.3 is 19.5 Å². The molecule has 0 aromatic heterocycles. The third-order valence-electron chi connectivity index (χ3n) is 2.61. The van der Waals surface area contributed by atoms with Gasteiger partial charge in [0.2, 0.25) is 5.91 Å². The van der Waals surface area contributed by atoms with Crippen molar-refractivity contribution in [2.45, 2.75) is 13.8 Å². The fourth-order valence-electron chi connectivity index (χ4n) is 1.57. The van der Waals surface area contributed by atoms with Crippen molar-refractivity contribution in [1.82, 2.24) is 5.32 Å². The molecule has 1 aromatic rings. The van der Waals surface area contributed by atoms with Crippen molar-refractivity contribution in [3.05, 3.63) is 30.3 Å². The molecule has 1 N–H and O–H groups in total. The molecule has 0 aliphatic carbocycles. The summed E-state index contributed by atoms with van der Waals surface area (Å²) in [6, 6.07) is 9.57. The Labute approximate surface area is 138 Å². The number of para-hydroxylation sites is 1. The molecule has 0 atom stereocenters. The van der Waals surface area contributed by atoms with Gasteiger partial charge in [0, 0.05) is 5.92 Å². The van der Waals surface area contributed by atoms with Crippen LogP contribution in [-0.2, 0) is 14.3 Å². The van der Waals surface area contributed by atoms with E-state index in [1.54, 1.807) is 0 Å². The Hall–Kier alpha value is -2.03. The number of ether oxygens (including phenoxy) is 3. The van der Waals surface area contributed by atoms with Gasteiger partial charge in [-0.1, -0.05) is 43.9 Å². The number of hydrogen-bond donors (Lipinski definition) is 1. The van der Waals surface area contributed by atoms with Crippen LogP contribution in [0.4, 0.5) is 0 Å². The van der Waals surface area contributed by atoms with Crippen LogP contribution < -0.4 is 10.1 Å². The largest absolute Gasteiger partial charge is 0.491 e. The summed E-state index contributed by atoms with van der Waals surface area (Å²) >= 11 is 0. The second-order valence-electron chi connectivity index (χ2n) is 5.08. The molecule has 1 aromatic carbocycles. The zero-order chi connectivity index (χ0) is 16.8. The van der Waals surface area contributed by atoms with Gasteiger partial charge in [-0.25, -0.2) is 0 Å². The number of carbonyl (C=O) groups is 1. The molecule has 0 spiro atoms. The highest BCUT2D eigenvalue weighted by Crippen LogP contribution is 2.07. The van der Waals surface area contributed by atoms with Gasteiger partial charge in [0.1, 0.15) is 19.0 Å². The first-order valence-electron chi connectivity index (χ1n) is 7.77. The van der Waals surface area contributed by atoms with Gasteiger partial charge in [0.05, 0.1) is 26.4 Å². The lowest BCUT2D eigenvalue weighted by Gasteiger charge is -2.07. The van der Waals surface area contributed by atoms with Crippen molar-refractivity contribution < 1.29 is 19.0 Å². The molecule has 1 rings (SSSR count). The molecule has 0 saturated heterocycles. The topological polar surface area (TPSA) is 56.8 Å². The third-order valence-corrected chi connectivity index (χ3v) is 2.61. The minimum atomic E-state index is -0.171. The normalized spacial score (nSPS) is 10.0. The summed E-state index contributed by atoms with van der Waals surface area (Å²) in [6.07, 6.45) is 0. The molecule has 0 aliphatic heterocycles. The van der Waals surface area contributed by atoms with Gasteiger partial charge in [-0.2, -0.15) is 0 Å². The van der Waals surface area contributed by atoms with Crippen molar-refractivity contribution >= 4 is 5.91 Å². The quantitative estimate of drug-likeness (QED) is 0.528. The minimum absolute atomic E-state index is 0.0211. The van der Waals surface area contributed by atoms with Crippen LogP contribution in [0, 0.1) is 17.8 Å². The lowest BCUT2D eigenvalue weighted by molar-refractivity contribution is -0.126. The first-order chi connectivity index (χ1) is 11.2. The molecular formula is C18H25NO4. The summed E-state index contributed by atoms with van der Waals surface area (Å²) in [5, 5.41) is 2.67. The molecule has 5 nitrogen and oxygen atoms in total. The molecular weight excluding hydrogens is 294 g/mol. The average molecular weight is 319 g/mol. The fraction of sp³-hybridized carbons (Fsp3) is 0.500. The van der Waals surface area contributed by atoms with Crippen LogP contribution in [0.1, 0.15) is 13.8 Å². The number of rotatable bonds is 10. The maximum absolute atomic E-state index is 11.4. The van der Waals surface area contributed by atoms with Crippen molar-refractivity contribution in [2.75, 3.05) is 39.6 Å². The zero-order valence-electron chi connectivity index (χ0n) is 13.8. The van der Waals surface area contributed by atoms with E-state index in [0.717, 1.165) is 5.75 Å². The van der Waals surface area contributed by atoms with E-state index in [1.165, 1.54) is 0 Å². The molecule has 126 valence electrons. The standard InChI is InChI=1S/C18H25NO4/c1-16(2)7-6-10-19-18(20)15-22-12-11-21-13-14-23-17-8-4-3-5-9-17/h3-5,8-9,16H,10-15H2,1-2H3,(H,19,20). The van der Waals surface area contributed by atoms with Gasteiger partial charge in [-0.15, -0.1) is 0 Å². The zero-order valence-corrected chi connectivity index (χ0v) is 13.8. The van der Waals surface area contributed by atoms with Crippen molar-refractivity contribution in [1.29, 1.82) is 0 Å². The van der Waals surface area contributed by atoms with Crippen LogP contribution >= 0.6 is 0 Å². The number of amides is 1. The molecule has 0 fully saturated rings. The summed E-state index contributed by atoms with van der Waals surface area (Å²) in [5.74, 6) is 6.81. The Bertz CT molecular complexity index is 491. The maximum atomic E-state index is 11.4. The third kappa shape index (κ3) is 11.2. The summed E-state index contributed by atoms with van der Waals surface area (Å²) in [7, 11) is 0. The van der Waals surface area contributed by atoms with E-state index in [-0.39, 0.29) is 12.5 Å². The van der Waals surface area contributed by atoms with Crippen molar-refractivity contribution in [2.24, 2.45) is 5.92 Å². The lowest BCUT2D eigenvalue weighted by atomic mass is 10.2. The maximum Gasteiger partial charge on any atom is 0.246 e. The van der Waals surface area contributed by atoms with Crippen LogP contribution in [-0.4, -0.2) is 45.5 Å². The van der Waals surface area contributed by atoms with Gasteiger partial charge in [0.15, 0.2) is 0 Å². The number of hydrogen-bond acceptors (Lipinski definition) is 4. The Morgan fingerprint density at radius 2 is 1.78 bits per heavy atom. The van der Waals surface area contributed by atoms with E-state index in [2.05, 4.69) is 17.2 Å². The van der Waals surface area contributed by atoms with Crippen LogP contribution in [0.3, 0.4) is 0 Å². The summed E-state index contributed by atoms with van der Waals surface area (Å²) < 4.78 is 16.1. The van der Waals surface area contributed by atoms with Gasteiger partial charge in [-0.05, 0) is 12.1 Å². The molecule has 0 aliphatic rings. The molecule has 0 heterocycles. The number of nitrogens with one attached hydrogen (secondary N) is 1. The van der Waals surface area contributed by atoms with E-state index >= 15 is 0 Å². The highest BCUT2D eigenvalue weighted by atomic mass is 16.5. The lowest BCUT2D eigenvalue weighted by Crippen LogP contribution is -2.28. The highest BCUT2D eigenvalue weighted by Gasteiger charge is 1.99. The highest BCUT2D eigenvalue weighted by molar-refractivity contribution is 5.77. The number of carbonyl (C=O) groups excluding carboxylic acids is 1. The SMILES string of the molecule is CC(C)C#CCNC(=O)COCCOCCOc1ccccc1. The second-order valence-corrected chi connectivity index (χ2v) is 5.08. The second kappa shape index (κ2) is 12.5. The molecule has 5 heteroatoms. The van der Waals surface area contributed by atoms with Crippen LogP contribution in [0.2, 0.25) is 0 Å². The smallest absolute Gasteiger partial charge is 0.246 e. The average Bonchev–Trinajstić information content (AvgIpc) is 2.55. The Kier molecular flexibility index (Phi) is 10.3. The Balaban J connectivity index is 1.89. The summed E-state index contributed by atoms with van der Waals surface area (Å²) in [4.78, 5) is 11.4. The van der Waals surface area contributed by atoms with Gasteiger partial charge in [0.25, 0.3) is 0 Å². The molecule has 1 amide bonds. The van der Waals surface area contributed by atoms with Gasteiger partial charge >= 0.3 is 0 Å². The molecule has 23 heavy (non-hydrogen) atoms. The minimum Gasteiger partial charge on any atom is -0.491 e. The molecule has 0 bridgehead atoms. The van der Waals surface area contributed by atoms with Crippen LogP contribution in [0.5, 0.6) is 5.75 Å². The van der Waals surface area contributed by atoms with Crippen molar-refractivity contribution in [3.8, 4) is 17.6 Å². The van der Waals surface area contributed by atoms with E-state index in [9.17, 15) is 4.79 Å². The predicted octanol–water partition coefficient (Wildman–Crippen LogP) is 1.87. The van der Waals surface area contributed by atoms with E-state index in [1.807, 2.05) is 44.2 Å². The Morgan fingerprint density at radius 1 is 1.09 bits per heavy atom. The molecule has 0 saturated carbocycles. The van der Waals surface area contributed by atoms with E-state index < -0.39 is 0 Å². The Morgan fingerprint density at radius 3 is 2.52 bits per heavy atom. The van der Waals surface area contributed by atoms with Crippen LogP contribution in [0.25, 0.3) is 0 Å². The first kappa shape index (κ1) is 19.0. The van der Waals surface area contributed by atoms with E-state index in [0.29, 0.717) is 38.9 Å². The fourth-order valence-corrected chi connectivity index (χ4v) is 1.57. The predicted molar refractivity (Wildman–Crippen MR) is 89.2 cm³/mol. The molecule has 0 unspecified atom stereocenters.